The van der Waals surface area contributed by atoms with Crippen LogP contribution in [0, 0.1) is 0 Å². The molecule has 4 nitrogen and oxygen atoms in total. The molecule has 0 bridgehead atoms. The number of para-hydroxylation sites is 1. The number of hydrogen-bond donors (Lipinski definition) is 1. The second-order valence-corrected chi connectivity index (χ2v) is 5.29. The van der Waals surface area contributed by atoms with E-state index in [4.69, 9.17) is 19.9 Å². The van der Waals surface area contributed by atoms with E-state index >= 15 is 0 Å². The zero-order chi connectivity index (χ0) is 14.3. The number of ether oxygens (including phenoxy) is 3. The fourth-order valence-corrected chi connectivity index (χ4v) is 2.77. The summed E-state index contributed by atoms with van der Waals surface area (Å²) >= 11 is 0. The molecular formula is C16H25NO3. The van der Waals surface area contributed by atoms with Gasteiger partial charge in [-0.05, 0) is 25.3 Å². The van der Waals surface area contributed by atoms with Crippen molar-refractivity contribution in [3.63, 3.8) is 0 Å². The fourth-order valence-electron chi connectivity index (χ4n) is 2.77. The van der Waals surface area contributed by atoms with Crippen LogP contribution in [0.25, 0.3) is 0 Å². The molecule has 1 aliphatic rings. The maximum absolute atomic E-state index is 6.08. The van der Waals surface area contributed by atoms with E-state index in [1.165, 1.54) is 5.56 Å². The molecule has 112 valence electrons. The van der Waals surface area contributed by atoms with Crippen molar-refractivity contribution in [2.75, 3.05) is 40.1 Å². The van der Waals surface area contributed by atoms with Gasteiger partial charge in [0.15, 0.2) is 0 Å². The first-order valence-electron chi connectivity index (χ1n) is 7.31. The second-order valence-electron chi connectivity index (χ2n) is 5.29. The third-order valence-corrected chi connectivity index (χ3v) is 4.05. The van der Waals surface area contributed by atoms with Crippen LogP contribution in [0.15, 0.2) is 24.3 Å². The molecule has 0 spiro atoms. The molecule has 1 heterocycles. The molecule has 0 aromatic heterocycles. The maximum atomic E-state index is 6.08. The molecule has 0 amide bonds. The van der Waals surface area contributed by atoms with Gasteiger partial charge >= 0.3 is 0 Å². The molecule has 0 aliphatic carbocycles. The minimum atomic E-state index is -0.00387. The van der Waals surface area contributed by atoms with Gasteiger partial charge < -0.3 is 19.9 Å². The van der Waals surface area contributed by atoms with Gasteiger partial charge in [-0.15, -0.1) is 0 Å². The zero-order valence-corrected chi connectivity index (χ0v) is 12.3. The monoisotopic (exact) mass is 279 g/mol. The second kappa shape index (κ2) is 7.62. The van der Waals surface area contributed by atoms with Crippen molar-refractivity contribution in [2.24, 2.45) is 5.73 Å². The van der Waals surface area contributed by atoms with Crippen molar-refractivity contribution < 1.29 is 14.2 Å². The van der Waals surface area contributed by atoms with Crippen LogP contribution >= 0.6 is 0 Å². The summed E-state index contributed by atoms with van der Waals surface area (Å²) in [6.45, 7) is 3.59. The summed E-state index contributed by atoms with van der Waals surface area (Å²) in [4.78, 5) is 0. The van der Waals surface area contributed by atoms with Gasteiger partial charge in [0.2, 0.25) is 0 Å². The Labute approximate surface area is 121 Å². The first-order valence-corrected chi connectivity index (χ1v) is 7.31. The largest absolute Gasteiger partial charge is 0.493 e. The number of rotatable bonds is 8. The van der Waals surface area contributed by atoms with E-state index in [9.17, 15) is 0 Å². The molecule has 1 aromatic carbocycles. The lowest BCUT2D eigenvalue weighted by Gasteiger charge is -2.38. The molecule has 2 rings (SSSR count). The predicted octanol–water partition coefficient (Wildman–Crippen LogP) is 2.11. The Morgan fingerprint density at radius 2 is 2.10 bits per heavy atom. The number of fused-ring (bicyclic) bond motifs is 1. The van der Waals surface area contributed by atoms with Crippen LogP contribution < -0.4 is 10.5 Å². The lowest BCUT2D eigenvalue weighted by Crippen LogP contribution is -2.40. The lowest BCUT2D eigenvalue weighted by molar-refractivity contribution is 0.0827. The normalized spacial score (nSPS) is 21.3. The third-order valence-electron chi connectivity index (χ3n) is 4.05. The first-order chi connectivity index (χ1) is 9.82. The van der Waals surface area contributed by atoms with Gasteiger partial charge in [0, 0.05) is 44.5 Å². The van der Waals surface area contributed by atoms with Gasteiger partial charge in [0.1, 0.15) is 5.75 Å². The Balaban J connectivity index is 1.93. The lowest BCUT2D eigenvalue weighted by atomic mass is 9.73. The molecule has 0 fully saturated rings. The summed E-state index contributed by atoms with van der Waals surface area (Å²) < 4.78 is 16.4. The van der Waals surface area contributed by atoms with Gasteiger partial charge in [-0.25, -0.2) is 0 Å². The van der Waals surface area contributed by atoms with Crippen LogP contribution in [0.1, 0.15) is 24.8 Å². The number of hydrogen-bond acceptors (Lipinski definition) is 4. The highest BCUT2D eigenvalue weighted by Gasteiger charge is 2.36. The Hall–Kier alpha value is -1.10. The van der Waals surface area contributed by atoms with Gasteiger partial charge in [-0.2, -0.15) is 0 Å². The van der Waals surface area contributed by atoms with Gasteiger partial charge in [0.25, 0.3) is 0 Å². The topological polar surface area (TPSA) is 53.7 Å². The molecule has 1 aliphatic heterocycles. The molecule has 4 heteroatoms. The van der Waals surface area contributed by atoms with E-state index in [1.807, 2.05) is 12.1 Å². The number of benzene rings is 1. The van der Waals surface area contributed by atoms with Crippen molar-refractivity contribution in [3.8, 4) is 5.75 Å². The molecule has 1 unspecified atom stereocenters. The van der Waals surface area contributed by atoms with Crippen LogP contribution in [0.4, 0.5) is 0 Å². The van der Waals surface area contributed by atoms with Gasteiger partial charge in [0.05, 0.1) is 6.61 Å². The summed E-state index contributed by atoms with van der Waals surface area (Å²) in [5.74, 6) is 0.976. The number of nitrogens with two attached hydrogens (primary N) is 1. The van der Waals surface area contributed by atoms with E-state index < -0.39 is 0 Å². The van der Waals surface area contributed by atoms with E-state index in [1.54, 1.807) is 7.11 Å². The van der Waals surface area contributed by atoms with Crippen LogP contribution in [0.2, 0.25) is 0 Å². The summed E-state index contributed by atoms with van der Waals surface area (Å²) in [7, 11) is 1.71. The molecule has 1 aromatic rings. The van der Waals surface area contributed by atoms with Crippen molar-refractivity contribution in [1.29, 1.82) is 0 Å². The van der Waals surface area contributed by atoms with Crippen LogP contribution in [-0.4, -0.2) is 40.1 Å². The Morgan fingerprint density at radius 1 is 1.25 bits per heavy atom. The molecule has 2 N–H and O–H groups in total. The third kappa shape index (κ3) is 3.51. The maximum Gasteiger partial charge on any atom is 0.123 e. The summed E-state index contributed by atoms with van der Waals surface area (Å²) in [6, 6.07) is 8.22. The molecule has 1 atom stereocenters. The highest BCUT2D eigenvalue weighted by atomic mass is 16.5. The van der Waals surface area contributed by atoms with E-state index in [-0.39, 0.29) is 5.41 Å². The van der Waals surface area contributed by atoms with Crippen molar-refractivity contribution in [1.82, 2.24) is 0 Å². The van der Waals surface area contributed by atoms with Gasteiger partial charge in [-0.1, -0.05) is 18.2 Å². The minimum Gasteiger partial charge on any atom is -0.493 e. The molecule has 0 saturated carbocycles. The molecule has 0 saturated heterocycles. The first kappa shape index (κ1) is 15.3. The van der Waals surface area contributed by atoms with Gasteiger partial charge in [-0.3, -0.25) is 0 Å². The molecule has 0 radical (unpaired) electrons. The van der Waals surface area contributed by atoms with Crippen LogP contribution in [0.3, 0.4) is 0 Å². The summed E-state index contributed by atoms with van der Waals surface area (Å²) in [5, 5.41) is 0. The number of methoxy groups -OCH3 is 1. The Kier molecular flexibility index (Phi) is 5.83. The Bertz CT molecular complexity index is 410. The smallest absolute Gasteiger partial charge is 0.123 e. The van der Waals surface area contributed by atoms with Crippen molar-refractivity contribution >= 4 is 0 Å². The average Bonchev–Trinajstić information content (AvgIpc) is 2.51. The van der Waals surface area contributed by atoms with E-state index in [0.29, 0.717) is 6.54 Å². The van der Waals surface area contributed by atoms with Crippen molar-refractivity contribution in [2.45, 2.75) is 24.7 Å². The standard InChI is InChI=1S/C16H25NO3/c1-18-9-4-10-19-11-7-16(13-17)8-12-20-15-6-3-2-5-14(15)16/h2-3,5-6H,4,7-13,17H2,1H3. The quantitative estimate of drug-likeness (QED) is 0.741. The SMILES string of the molecule is COCCCOCCC1(CN)CCOc2ccccc21. The molecular weight excluding hydrogens is 254 g/mol. The zero-order valence-electron chi connectivity index (χ0n) is 12.3. The Morgan fingerprint density at radius 3 is 2.90 bits per heavy atom. The van der Waals surface area contributed by atoms with Crippen LogP contribution in [0.5, 0.6) is 5.75 Å². The highest BCUT2D eigenvalue weighted by molar-refractivity contribution is 5.41. The minimum absolute atomic E-state index is 0.00387. The van der Waals surface area contributed by atoms with Crippen molar-refractivity contribution in [3.05, 3.63) is 29.8 Å². The fraction of sp³-hybridized carbons (Fsp3) is 0.625. The predicted molar refractivity (Wildman–Crippen MR) is 79.2 cm³/mol. The summed E-state index contributed by atoms with van der Waals surface area (Å²) in [5.41, 5.74) is 7.31. The van der Waals surface area contributed by atoms with E-state index in [2.05, 4.69) is 12.1 Å². The average molecular weight is 279 g/mol. The van der Waals surface area contributed by atoms with Crippen LogP contribution in [-0.2, 0) is 14.9 Å². The van der Waals surface area contributed by atoms with E-state index in [0.717, 1.165) is 51.4 Å². The summed E-state index contributed by atoms with van der Waals surface area (Å²) in [6.07, 6.45) is 2.84. The highest BCUT2D eigenvalue weighted by Crippen LogP contribution is 2.40. The molecule has 20 heavy (non-hydrogen) atoms.